The largest absolute Gasteiger partial charge is 0.370 e. The highest BCUT2D eigenvalue weighted by Crippen LogP contribution is 2.42. The lowest BCUT2D eigenvalue weighted by Crippen LogP contribution is -2.44. The van der Waals surface area contributed by atoms with Crippen molar-refractivity contribution in [3.05, 3.63) is 24.3 Å². The number of nitrogens with one attached hydrogen (secondary N) is 1. The molecule has 1 aromatic carbocycles. The smallest absolute Gasteiger partial charge is 0.240 e. The molecule has 0 bridgehead atoms. The summed E-state index contributed by atoms with van der Waals surface area (Å²) in [6, 6.07) is 9.78. The number of fused-ring (bicyclic) bond motifs is 1. The highest BCUT2D eigenvalue weighted by molar-refractivity contribution is 8.01. The molecule has 4 rings (SSSR count). The minimum Gasteiger partial charge on any atom is -0.370 e. The van der Waals surface area contributed by atoms with Gasteiger partial charge in [0.25, 0.3) is 0 Å². The Hall–Kier alpha value is -1.73. The number of unbranched alkanes of at least 4 members (excludes halogenated alkanes) is 2. The number of likely N-dealkylation sites (tertiary alicyclic amines) is 2. The fourth-order valence-electron chi connectivity index (χ4n) is 5.86. The van der Waals surface area contributed by atoms with Crippen molar-refractivity contribution in [1.82, 2.24) is 9.80 Å². The first kappa shape index (κ1) is 24.4. The van der Waals surface area contributed by atoms with Gasteiger partial charge in [-0.15, -0.1) is 11.8 Å². The first-order chi connectivity index (χ1) is 15.9. The number of nitrogens with zero attached hydrogens (tertiary/aromatic N) is 3. The van der Waals surface area contributed by atoms with E-state index in [1.165, 1.54) is 37.1 Å². The Morgan fingerprint density at radius 1 is 1.09 bits per heavy atom. The molecule has 0 spiro atoms. The summed E-state index contributed by atoms with van der Waals surface area (Å²) >= 11 is 1.73. The molecule has 6 nitrogen and oxygen atoms in total. The molecule has 2 unspecified atom stereocenters. The van der Waals surface area contributed by atoms with Crippen LogP contribution < -0.4 is 10.6 Å². The quantitative estimate of drug-likeness (QED) is 0.331. The third-order valence-electron chi connectivity index (χ3n) is 7.81. The second-order valence-electron chi connectivity index (χ2n) is 10.2. The van der Waals surface area contributed by atoms with E-state index >= 15 is 0 Å². The number of thioether (sulfide) groups is 1. The molecule has 4 atom stereocenters. The summed E-state index contributed by atoms with van der Waals surface area (Å²) in [7, 11) is 0. The number of amides is 1. The molecule has 0 aliphatic carbocycles. The summed E-state index contributed by atoms with van der Waals surface area (Å²) in [5.41, 5.74) is 6.76. The van der Waals surface area contributed by atoms with E-state index in [0.29, 0.717) is 18.0 Å². The predicted octanol–water partition coefficient (Wildman–Crippen LogP) is 4.53. The lowest BCUT2D eigenvalue weighted by Gasteiger charge is -2.39. The van der Waals surface area contributed by atoms with Crippen LogP contribution in [0.3, 0.4) is 0 Å². The molecule has 3 N–H and O–H groups in total. The summed E-state index contributed by atoms with van der Waals surface area (Å²) in [6.07, 6.45) is 9.32. The topological polar surface area (TPSA) is 76.7 Å². The van der Waals surface area contributed by atoms with E-state index in [9.17, 15) is 4.79 Å². The highest BCUT2D eigenvalue weighted by atomic mass is 32.2. The molecule has 3 aliphatic rings. The van der Waals surface area contributed by atoms with Gasteiger partial charge in [0.2, 0.25) is 5.91 Å². The van der Waals surface area contributed by atoms with Gasteiger partial charge < -0.3 is 15.5 Å². The fourth-order valence-corrected chi connectivity index (χ4v) is 7.22. The number of carbonyl (C=O) groups is 1. The maximum atomic E-state index is 13.5. The monoisotopic (exact) mass is 471 g/mol. The van der Waals surface area contributed by atoms with Crippen molar-refractivity contribution in [2.24, 2.45) is 11.7 Å². The number of guanidine groups is 1. The number of piperidine rings is 1. The van der Waals surface area contributed by atoms with Gasteiger partial charge in [0, 0.05) is 36.6 Å². The van der Waals surface area contributed by atoms with Crippen molar-refractivity contribution in [1.29, 1.82) is 5.41 Å². The molecule has 1 aromatic rings. The van der Waals surface area contributed by atoms with E-state index in [-0.39, 0.29) is 17.1 Å². The van der Waals surface area contributed by atoms with Crippen molar-refractivity contribution in [2.45, 2.75) is 87.4 Å². The average Bonchev–Trinajstić information content (AvgIpc) is 3.26. The molecule has 2 fully saturated rings. The van der Waals surface area contributed by atoms with Crippen LogP contribution in [0, 0.1) is 11.3 Å². The first-order valence-electron chi connectivity index (χ1n) is 12.9. The zero-order chi connectivity index (χ0) is 23.4. The second-order valence-corrected chi connectivity index (χ2v) is 11.5. The molecule has 1 amide bonds. The van der Waals surface area contributed by atoms with Gasteiger partial charge in [-0.05, 0) is 77.0 Å². The maximum absolute atomic E-state index is 13.5. The predicted molar refractivity (Wildman–Crippen MR) is 138 cm³/mol. The van der Waals surface area contributed by atoms with E-state index in [1.54, 1.807) is 11.8 Å². The summed E-state index contributed by atoms with van der Waals surface area (Å²) in [4.78, 5) is 21.4. The van der Waals surface area contributed by atoms with Crippen LogP contribution in [0.2, 0.25) is 0 Å². The summed E-state index contributed by atoms with van der Waals surface area (Å²) in [6.45, 7) is 8.37. The Labute approximate surface area is 203 Å². The number of benzene rings is 1. The zero-order valence-corrected chi connectivity index (χ0v) is 21.2. The van der Waals surface area contributed by atoms with Crippen LogP contribution in [-0.2, 0) is 4.79 Å². The molecule has 0 saturated carbocycles. The minimum atomic E-state index is -0.0353. The molecule has 33 heavy (non-hydrogen) atoms. The molecule has 3 aliphatic heterocycles. The lowest BCUT2D eigenvalue weighted by molar-refractivity contribution is -0.118. The van der Waals surface area contributed by atoms with Gasteiger partial charge in [0.15, 0.2) is 5.96 Å². The Bertz CT molecular complexity index is 823. The van der Waals surface area contributed by atoms with E-state index in [1.807, 2.05) is 11.0 Å². The molecule has 0 radical (unpaired) electrons. The Kier molecular flexibility index (Phi) is 8.23. The van der Waals surface area contributed by atoms with Gasteiger partial charge in [-0.3, -0.25) is 15.1 Å². The van der Waals surface area contributed by atoms with Crippen LogP contribution in [-0.4, -0.2) is 65.2 Å². The molecule has 0 aromatic heterocycles. The normalized spacial score (nSPS) is 28.2. The van der Waals surface area contributed by atoms with Crippen molar-refractivity contribution in [2.75, 3.05) is 31.1 Å². The van der Waals surface area contributed by atoms with E-state index in [0.717, 1.165) is 51.0 Å². The second kappa shape index (κ2) is 11.1. The van der Waals surface area contributed by atoms with Gasteiger partial charge in [0.05, 0.1) is 10.9 Å². The van der Waals surface area contributed by atoms with E-state index in [4.69, 9.17) is 11.1 Å². The third-order valence-corrected chi connectivity index (χ3v) is 9.09. The zero-order valence-electron chi connectivity index (χ0n) is 20.3. The summed E-state index contributed by atoms with van der Waals surface area (Å²) < 4.78 is 0. The van der Waals surface area contributed by atoms with Crippen LogP contribution in [0.15, 0.2) is 29.2 Å². The number of carbonyl (C=O) groups excluding carboxylic acids is 1. The van der Waals surface area contributed by atoms with Crippen molar-refractivity contribution < 1.29 is 4.79 Å². The third kappa shape index (κ3) is 5.86. The fraction of sp³-hybridized carbons (Fsp3) is 0.692. The number of para-hydroxylation sites is 1. The van der Waals surface area contributed by atoms with Crippen molar-refractivity contribution in [3.63, 3.8) is 0 Å². The van der Waals surface area contributed by atoms with Gasteiger partial charge >= 0.3 is 0 Å². The summed E-state index contributed by atoms with van der Waals surface area (Å²) in [5, 5.41) is 7.65. The maximum Gasteiger partial charge on any atom is 0.240 e. The Morgan fingerprint density at radius 3 is 2.55 bits per heavy atom. The van der Waals surface area contributed by atoms with Crippen LogP contribution in [0.4, 0.5) is 5.69 Å². The van der Waals surface area contributed by atoms with Crippen LogP contribution in [0.1, 0.15) is 65.2 Å². The average molecular weight is 472 g/mol. The standard InChI is InChI=1S/C26H41N5OS/c1-19-9-8-10-20(2)30(19)14-6-3-7-15-31-22-11-4-5-12-23(22)33-24(25(31)32)17-21-13-16-29(18-21)26(27)28/h4-5,11-12,19-21,24H,3,6-10,13-18H2,1-2H3,(H3,27,28)/t19-,20+,21?,24?. The van der Waals surface area contributed by atoms with Gasteiger partial charge in [-0.1, -0.05) is 25.0 Å². The van der Waals surface area contributed by atoms with Crippen molar-refractivity contribution in [3.8, 4) is 0 Å². The molecule has 3 heterocycles. The minimum absolute atomic E-state index is 0.0353. The first-order valence-corrected chi connectivity index (χ1v) is 13.7. The highest BCUT2D eigenvalue weighted by Gasteiger charge is 2.36. The SMILES string of the molecule is C[C@@H]1CCC[C@H](C)N1CCCCCN1C(=O)C(CC2CCN(C(=N)N)C2)Sc2ccccc21. The number of rotatable bonds is 8. The summed E-state index contributed by atoms with van der Waals surface area (Å²) in [5.74, 6) is 0.842. The molecule has 7 heteroatoms. The molecular weight excluding hydrogens is 430 g/mol. The van der Waals surface area contributed by atoms with Gasteiger partial charge in [0.1, 0.15) is 0 Å². The lowest BCUT2D eigenvalue weighted by atomic mass is 9.97. The van der Waals surface area contributed by atoms with Crippen molar-refractivity contribution >= 4 is 29.3 Å². The van der Waals surface area contributed by atoms with Gasteiger partial charge in [-0.25, -0.2) is 0 Å². The van der Waals surface area contributed by atoms with E-state index in [2.05, 4.69) is 41.8 Å². The number of hydrogen-bond acceptors (Lipinski definition) is 4. The number of anilines is 1. The number of nitrogens with two attached hydrogens (primary N) is 1. The number of hydrogen-bond donors (Lipinski definition) is 2. The molecule has 2 saturated heterocycles. The van der Waals surface area contributed by atoms with E-state index < -0.39 is 0 Å². The van der Waals surface area contributed by atoms with Gasteiger partial charge in [-0.2, -0.15) is 0 Å². The Balaban J connectivity index is 1.31. The molecular formula is C26H41N5OS. The van der Waals surface area contributed by atoms with Crippen LogP contribution >= 0.6 is 11.8 Å². The molecule has 182 valence electrons. The Morgan fingerprint density at radius 2 is 1.82 bits per heavy atom. The van der Waals surface area contributed by atoms with Crippen LogP contribution in [0.5, 0.6) is 0 Å². The van der Waals surface area contributed by atoms with Crippen LogP contribution in [0.25, 0.3) is 0 Å².